The van der Waals surface area contributed by atoms with Crippen LogP contribution < -0.4 is 5.32 Å². The highest BCUT2D eigenvalue weighted by atomic mass is 32.1. The maximum atomic E-state index is 11.9. The van der Waals surface area contributed by atoms with Crippen LogP contribution in [0.3, 0.4) is 0 Å². The molecule has 0 spiro atoms. The van der Waals surface area contributed by atoms with Gasteiger partial charge in [-0.3, -0.25) is 0 Å². The molecule has 0 bridgehead atoms. The van der Waals surface area contributed by atoms with Gasteiger partial charge in [-0.25, -0.2) is 4.79 Å². The summed E-state index contributed by atoms with van der Waals surface area (Å²) < 4.78 is 9.31. The molecule has 0 amide bonds. The lowest BCUT2D eigenvalue weighted by Gasteiger charge is -2.26. The van der Waals surface area contributed by atoms with Crippen molar-refractivity contribution in [2.75, 3.05) is 11.9 Å². The standard InChI is InChI=1S/C13H22N2O2S/c1-6-8-13(4,5)14-11-10(9(3)15-18-11)12(16)17-7-2/h14H,6-8H2,1-5H3. The SMILES string of the molecule is CCCC(C)(C)Nc1snc(C)c1C(=O)OCC. The van der Waals surface area contributed by atoms with Crippen LogP contribution in [0.4, 0.5) is 5.00 Å². The second kappa shape index (κ2) is 6.18. The Kier molecular flexibility index (Phi) is 5.14. The summed E-state index contributed by atoms with van der Waals surface area (Å²) in [7, 11) is 0. The third-order valence-electron chi connectivity index (χ3n) is 2.67. The summed E-state index contributed by atoms with van der Waals surface area (Å²) in [5, 5.41) is 4.21. The molecular formula is C13H22N2O2S. The molecule has 4 nitrogen and oxygen atoms in total. The Morgan fingerprint density at radius 3 is 2.67 bits per heavy atom. The molecule has 0 atom stereocenters. The number of carbonyl (C=O) groups is 1. The summed E-state index contributed by atoms with van der Waals surface area (Å²) in [5.41, 5.74) is 1.26. The third kappa shape index (κ3) is 3.70. The highest BCUT2D eigenvalue weighted by Crippen LogP contribution is 2.29. The Morgan fingerprint density at radius 1 is 1.44 bits per heavy atom. The Balaban J connectivity index is 2.93. The molecule has 0 unspecified atom stereocenters. The summed E-state index contributed by atoms with van der Waals surface area (Å²) >= 11 is 1.32. The summed E-state index contributed by atoms with van der Waals surface area (Å²) in [6, 6.07) is 0. The molecule has 1 N–H and O–H groups in total. The van der Waals surface area contributed by atoms with Crippen LogP contribution in [-0.2, 0) is 4.74 Å². The van der Waals surface area contributed by atoms with Crippen LogP contribution in [0, 0.1) is 6.92 Å². The molecule has 18 heavy (non-hydrogen) atoms. The predicted molar refractivity (Wildman–Crippen MR) is 75.4 cm³/mol. The number of rotatable bonds is 6. The van der Waals surface area contributed by atoms with Gasteiger partial charge in [-0.05, 0) is 45.6 Å². The first-order valence-electron chi connectivity index (χ1n) is 6.32. The molecule has 0 saturated heterocycles. The number of esters is 1. The molecule has 102 valence electrons. The van der Waals surface area contributed by atoms with E-state index in [1.807, 2.05) is 6.92 Å². The van der Waals surface area contributed by atoms with E-state index in [0.717, 1.165) is 23.5 Å². The Labute approximate surface area is 113 Å². The second-order valence-corrected chi connectivity index (χ2v) is 5.72. The highest BCUT2D eigenvalue weighted by molar-refractivity contribution is 7.10. The molecular weight excluding hydrogens is 248 g/mol. The average Bonchev–Trinajstić information content (AvgIpc) is 2.59. The van der Waals surface area contributed by atoms with Crippen molar-refractivity contribution < 1.29 is 9.53 Å². The number of nitrogens with one attached hydrogen (secondary N) is 1. The summed E-state index contributed by atoms with van der Waals surface area (Å²) in [5.74, 6) is -0.293. The minimum absolute atomic E-state index is 0.0467. The zero-order chi connectivity index (χ0) is 13.8. The fourth-order valence-corrected chi connectivity index (χ4v) is 2.86. The predicted octanol–water partition coefficient (Wildman–Crippen LogP) is 3.62. The number of aromatic nitrogens is 1. The van der Waals surface area contributed by atoms with Gasteiger partial charge in [0.05, 0.1) is 12.3 Å². The number of aryl methyl sites for hydroxylation is 1. The number of nitrogens with zero attached hydrogens (tertiary/aromatic N) is 1. The van der Waals surface area contributed by atoms with Crippen molar-refractivity contribution in [3.8, 4) is 0 Å². The minimum atomic E-state index is -0.293. The number of hydrogen-bond acceptors (Lipinski definition) is 5. The zero-order valence-corrected chi connectivity index (χ0v) is 12.6. The van der Waals surface area contributed by atoms with Crippen molar-refractivity contribution in [1.82, 2.24) is 4.37 Å². The topological polar surface area (TPSA) is 51.2 Å². The molecule has 0 aliphatic rings. The Morgan fingerprint density at radius 2 is 2.11 bits per heavy atom. The van der Waals surface area contributed by atoms with Gasteiger partial charge in [-0.1, -0.05) is 13.3 Å². The van der Waals surface area contributed by atoms with Crippen molar-refractivity contribution in [2.24, 2.45) is 0 Å². The van der Waals surface area contributed by atoms with Crippen molar-refractivity contribution in [1.29, 1.82) is 0 Å². The average molecular weight is 270 g/mol. The molecule has 5 heteroatoms. The second-order valence-electron chi connectivity index (χ2n) is 4.95. The molecule has 0 fully saturated rings. The van der Waals surface area contributed by atoms with Gasteiger partial charge in [0, 0.05) is 5.54 Å². The molecule has 0 radical (unpaired) electrons. The normalized spacial score (nSPS) is 11.4. The number of hydrogen-bond donors (Lipinski definition) is 1. The van der Waals surface area contributed by atoms with E-state index in [1.165, 1.54) is 11.5 Å². The molecule has 0 aromatic carbocycles. The fraction of sp³-hybridized carbons (Fsp3) is 0.692. The van der Waals surface area contributed by atoms with Crippen molar-refractivity contribution in [2.45, 2.75) is 53.0 Å². The van der Waals surface area contributed by atoms with Crippen LogP contribution in [0.15, 0.2) is 0 Å². The lowest BCUT2D eigenvalue weighted by atomic mass is 9.99. The quantitative estimate of drug-likeness (QED) is 0.802. The van der Waals surface area contributed by atoms with E-state index in [9.17, 15) is 4.79 Å². The van der Waals surface area contributed by atoms with E-state index in [2.05, 4.69) is 30.5 Å². The molecule has 1 aromatic heterocycles. The first kappa shape index (κ1) is 15.0. The van der Waals surface area contributed by atoms with Crippen LogP contribution in [0.1, 0.15) is 56.6 Å². The number of ether oxygens (including phenoxy) is 1. The molecule has 0 aliphatic carbocycles. The van der Waals surface area contributed by atoms with E-state index in [-0.39, 0.29) is 11.5 Å². The van der Waals surface area contributed by atoms with Gasteiger partial charge in [-0.2, -0.15) is 4.37 Å². The Hall–Kier alpha value is -1.10. The lowest BCUT2D eigenvalue weighted by Crippen LogP contribution is -2.30. The summed E-state index contributed by atoms with van der Waals surface area (Å²) in [6.45, 7) is 10.4. The zero-order valence-electron chi connectivity index (χ0n) is 11.8. The molecule has 1 rings (SSSR count). The van der Waals surface area contributed by atoms with E-state index >= 15 is 0 Å². The van der Waals surface area contributed by atoms with Crippen LogP contribution >= 0.6 is 11.5 Å². The van der Waals surface area contributed by atoms with Gasteiger partial charge < -0.3 is 10.1 Å². The fourth-order valence-electron chi connectivity index (χ4n) is 1.89. The third-order valence-corrected chi connectivity index (χ3v) is 3.52. The molecule has 1 heterocycles. The molecule has 1 aromatic rings. The van der Waals surface area contributed by atoms with Crippen LogP contribution in [-0.4, -0.2) is 22.5 Å². The first-order valence-corrected chi connectivity index (χ1v) is 7.10. The summed E-state index contributed by atoms with van der Waals surface area (Å²) in [6.07, 6.45) is 2.12. The van der Waals surface area contributed by atoms with E-state index in [4.69, 9.17) is 4.74 Å². The maximum absolute atomic E-state index is 11.9. The highest BCUT2D eigenvalue weighted by Gasteiger charge is 2.24. The van der Waals surface area contributed by atoms with Crippen LogP contribution in [0.25, 0.3) is 0 Å². The smallest absolute Gasteiger partial charge is 0.343 e. The molecule has 0 saturated carbocycles. The van der Waals surface area contributed by atoms with Gasteiger partial charge in [0.2, 0.25) is 0 Å². The molecule has 0 aliphatic heterocycles. The number of carbonyl (C=O) groups excluding carboxylic acids is 1. The van der Waals surface area contributed by atoms with E-state index < -0.39 is 0 Å². The first-order chi connectivity index (χ1) is 8.41. The van der Waals surface area contributed by atoms with Gasteiger partial charge in [0.15, 0.2) is 0 Å². The van der Waals surface area contributed by atoms with E-state index in [1.54, 1.807) is 6.92 Å². The van der Waals surface area contributed by atoms with Crippen LogP contribution in [0.5, 0.6) is 0 Å². The number of anilines is 1. The lowest BCUT2D eigenvalue weighted by molar-refractivity contribution is 0.0527. The largest absolute Gasteiger partial charge is 0.462 e. The van der Waals surface area contributed by atoms with Crippen molar-refractivity contribution in [3.05, 3.63) is 11.3 Å². The van der Waals surface area contributed by atoms with Crippen LogP contribution in [0.2, 0.25) is 0 Å². The minimum Gasteiger partial charge on any atom is -0.462 e. The van der Waals surface area contributed by atoms with Gasteiger partial charge in [0.1, 0.15) is 10.6 Å². The van der Waals surface area contributed by atoms with Gasteiger partial charge in [-0.15, -0.1) is 0 Å². The van der Waals surface area contributed by atoms with E-state index in [0.29, 0.717) is 12.2 Å². The van der Waals surface area contributed by atoms with Crippen molar-refractivity contribution >= 4 is 22.5 Å². The monoisotopic (exact) mass is 270 g/mol. The van der Waals surface area contributed by atoms with Gasteiger partial charge in [0.25, 0.3) is 0 Å². The van der Waals surface area contributed by atoms with Crippen molar-refractivity contribution in [3.63, 3.8) is 0 Å². The maximum Gasteiger partial charge on any atom is 0.343 e. The van der Waals surface area contributed by atoms with Gasteiger partial charge >= 0.3 is 5.97 Å². The summed E-state index contributed by atoms with van der Waals surface area (Å²) in [4.78, 5) is 11.9. The Bertz CT molecular complexity index is 413.